The molecule has 2 amide bonds. The van der Waals surface area contributed by atoms with E-state index in [9.17, 15) is 18.4 Å². The molecule has 0 fully saturated rings. The van der Waals surface area contributed by atoms with Gasteiger partial charge in [-0.2, -0.15) is 0 Å². The molecule has 0 bridgehead atoms. The number of rotatable bonds is 6. The Labute approximate surface area is 135 Å². The molecule has 0 saturated heterocycles. The quantitative estimate of drug-likeness (QED) is 0.844. The molecule has 0 aliphatic carbocycles. The van der Waals surface area contributed by atoms with Gasteiger partial charge in [-0.05, 0) is 45.7 Å². The number of hydrogen-bond acceptors (Lipinski definition) is 2. The Morgan fingerprint density at radius 2 is 1.48 bits per heavy atom. The van der Waals surface area contributed by atoms with E-state index in [0.29, 0.717) is 0 Å². The summed E-state index contributed by atoms with van der Waals surface area (Å²) in [6.45, 7) is 6.77. The van der Waals surface area contributed by atoms with Crippen molar-refractivity contribution in [3.63, 3.8) is 0 Å². The van der Waals surface area contributed by atoms with Crippen molar-refractivity contribution in [3.8, 4) is 0 Å². The van der Waals surface area contributed by atoms with Gasteiger partial charge in [0, 0.05) is 6.54 Å². The Morgan fingerprint density at radius 3 is 1.91 bits per heavy atom. The maximum Gasteiger partial charge on any atom is 0.257 e. The molecule has 1 atom stereocenters. The smallest absolute Gasteiger partial charge is 0.257 e. The van der Waals surface area contributed by atoms with Crippen molar-refractivity contribution >= 4 is 11.8 Å². The summed E-state index contributed by atoms with van der Waals surface area (Å²) >= 11 is 0. The monoisotopic (exact) mass is 326 g/mol. The Morgan fingerprint density at radius 1 is 1.00 bits per heavy atom. The van der Waals surface area contributed by atoms with Crippen LogP contribution in [0.15, 0.2) is 24.3 Å². The predicted octanol–water partition coefficient (Wildman–Crippen LogP) is 2.98. The summed E-state index contributed by atoms with van der Waals surface area (Å²) in [4.78, 5) is 23.1. The van der Waals surface area contributed by atoms with Crippen molar-refractivity contribution in [2.45, 2.75) is 58.5 Å². The Bertz CT molecular complexity index is 557. The van der Waals surface area contributed by atoms with Crippen LogP contribution in [-0.2, 0) is 16.1 Å². The molecule has 0 unspecified atom stereocenters. The Kier molecular flexibility index (Phi) is 5.86. The first-order valence-electron chi connectivity index (χ1n) is 7.47. The van der Waals surface area contributed by atoms with E-state index >= 15 is 0 Å². The molecule has 2 N–H and O–H groups in total. The maximum atomic E-state index is 13.5. The summed E-state index contributed by atoms with van der Waals surface area (Å²) in [6, 6.07) is 6.75. The number of nitrogens with one attached hydrogen (secondary N) is 2. The Hall–Kier alpha value is -1.98. The molecule has 0 aromatic heterocycles. The standard InChI is InChI=1S/C17H24F2N2O2/c1-11(21-15(23)17(4,5)19)13-8-6-12(7-9-13)10-20-14(22)16(2,3)18/h6-9,11H,10H2,1-5H3,(H,20,22)(H,21,23)/t11-/m0/s1. The van der Waals surface area contributed by atoms with Crippen molar-refractivity contribution in [1.29, 1.82) is 0 Å². The van der Waals surface area contributed by atoms with Gasteiger partial charge in [-0.3, -0.25) is 9.59 Å². The second-order valence-corrected chi connectivity index (χ2v) is 6.56. The fourth-order valence-corrected chi connectivity index (χ4v) is 1.77. The third-order valence-electron chi connectivity index (χ3n) is 3.36. The van der Waals surface area contributed by atoms with Gasteiger partial charge in [0.05, 0.1) is 6.04 Å². The number of halogens is 2. The third-order valence-corrected chi connectivity index (χ3v) is 3.36. The van der Waals surface area contributed by atoms with Crippen LogP contribution in [-0.4, -0.2) is 23.2 Å². The topological polar surface area (TPSA) is 58.2 Å². The van der Waals surface area contributed by atoms with E-state index in [4.69, 9.17) is 0 Å². The van der Waals surface area contributed by atoms with Gasteiger partial charge in [0.2, 0.25) is 0 Å². The van der Waals surface area contributed by atoms with E-state index in [1.165, 1.54) is 27.7 Å². The van der Waals surface area contributed by atoms with Gasteiger partial charge in [0.25, 0.3) is 11.8 Å². The number of alkyl halides is 2. The zero-order valence-corrected chi connectivity index (χ0v) is 14.2. The van der Waals surface area contributed by atoms with Gasteiger partial charge < -0.3 is 10.6 Å². The van der Waals surface area contributed by atoms with Crippen LogP contribution in [0.2, 0.25) is 0 Å². The van der Waals surface area contributed by atoms with Gasteiger partial charge in [-0.15, -0.1) is 0 Å². The molecule has 0 spiro atoms. The molecule has 1 aromatic rings. The lowest BCUT2D eigenvalue weighted by Gasteiger charge is -2.20. The largest absolute Gasteiger partial charge is 0.349 e. The molecule has 1 aromatic carbocycles. The minimum atomic E-state index is -1.93. The lowest BCUT2D eigenvalue weighted by molar-refractivity contribution is -0.131. The first-order chi connectivity index (χ1) is 10.4. The molecule has 0 radical (unpaired) electrons. The van der Waals surface area contributed by atoms with Crippen molar-refractivity contribution in [2.24, 2.45) is 0 Å². The first kappa shape index (κ1) is 19.1. The van der Waals surface area contributed by atoms with Crippen molar-refractivity contribution < 1.29 is 18.4 Å². The highest BCUT2D eigenvalue weighted by Crippen LogP contribution is 2.16. The minimum Gasteiger partial charge on any atom is -0.349 e. The molecule has 0 heterocycles. The Balaban J connectivity index is 2.63. The molecule has 0 saturated carbocycles. The van der Waals surface area contributed by atoms with Crippen LogP contribution in [0.25, 0.3) is 0 Å². The van der Waals surface area contributed by atoms with Crippen LogP contribution in [0.3, 0.4) is 0 Å². The van der Waals surface area contributed by atoms with E-state index in [1.54, 1.807) is 31.2 Å². The van der Waals surface area contributed by atoms with Crippen LogP contribution in [0.4, 0.5) is 8.78 Å². The highest BCUT2D eigenvalue weighted by molar-refractivity contribution is 5.84. The zero-order chi connectivity index (χ0) is 17.8. The summed E-state index contributed by atoms with van der Waals surface area (Å²) in [5.41, 5.74) is -2.24. The summed E-state index contributed by atoms with van der Waals surface area (Å²) in [5, 5.41) is 5.10. The van der Waals surface area contributed by atoms with E-state index in [1.807, 2.05) is 0 Å². The molecule has 128 valence electrons. The molecule has 6 heteroatoms. The normalized spacial score (nSPS) is 13.3. The predicted molar refractivity (Wildman–Crippen MR) is 85.2 cm³/mol. The van der Waals surface area contributed by atoms with Gasteiger partial charge in [0.15, 0.2) is 11.3 Å². The summed E-state index contributed by atoms with van der Waals surface area (Å²) in [7, 11) is 0. The van der Waals surface area contributed by atoms with Gasteiger partial charge in [-0.25, -0.2) is 8.78 Å². The third kappa shape index (κ3) is 5.96. The van der Waals surface area contributed by atoms with Crippen molar-refractivity contribution in [1.82, 2.24) is 10.6 Å². The van der Waals surface area contributed by atoms with Gasteiger partial charge in [-0.1, -0.05) is 24.3 Å². The van der Waals surface area contributed by atoms with Crippen LogP contribution < -0.4 is 10.6 Å². The zero-order valence-electron chi connectivity index (χ0n) is 14.2. The van der Waals surface area contributed by atoms with E-state index in [2.05, 4.69) is 10.6 Å². The fraction of sp³-hybridized carbons (Fsp3) is 0.529. The first-order valence-corrected chi connectivity index (χ1v) is 7.47. The average Bonchev–Trinajstić information content (AvgIpc) is 2.43. The van der Waals surface area contributed by atoms with Gasteiger partial charge >= 0.3 is 0 Å². The maximum absolute atomic E-state index is 13.5. The minimum absolute atomic E-state index is 0.213. The van der Waals surface area contributed by atoms with Crippen LogP contribution in [0, 0.1) is 0 Å². The summed E-state index contributed by atoms with van der Waals surface area (Å²) < 4.78 is 26.9. The lowest BCUT2D eigenvalue weighted by Crippen LogP contribution is -2.40. The second-order valence-electron chi connectivity index (χ2n) is 6.56. The molecular formula is C17H24F2N2O2. The van der Waals surface area contributed by atoms with Gasteiger partial charge in [0.1, 0.15) is 0 Å². The van der Waals surface area contributed by atoms with Crippen molar-refractivity contribution in [2.75, 3.05) is 0 Å². The van der Waals surface area contributed by atoms with Crippen LogP contribution in [0.1, 0.15) is 51.8 Å². The average molecular weight is 326 g/mol. The van der Waals surface area contributed by atoms with Crippen LogP contribution in [0.5, 0.6) is 0 Å². The molecular weight excluding hydrogens is 302 g/mol. The number of hydrogen-bond donors (Lipinski definition) is 2. The highest BCUT2D eigenvalue weighted by atomic mass is 19.1. The van der Waals surface area contributed by atoms with E-state index in [0.717, 1.165) is 11.1 Å². The highest BCUT2D eigenvalue weighted by Gasteiger charge is 2.28. The lowest BCUT2D eigenvalue weighted by atomic mass is 10.0. The number of amides is 2. The fourth-order valence-electron chi connectivity index (χ4n) is 1.77. The molecule has 23 heavy (non-hydrogen) atoms. The number of benzene rings is 1. The number of carbonyl (C=O) groups is 2. The molecule has 0 aliphatic heterocycles. The SMILES string of the molecule is C[C@H](NC(=O)C(C)(C)F)c1ccc(CNC(=O)C(C)(C)F)cc1. The van der Waals surface area contributed by atoms with E-state index in [-0.39, 0.29) is 12.6 Å². The molecule has 4 nitrogen and oxygen atoms in total. The summed E-state index contributed by atoms with van der Waals surface area (Å²) in [5.74, 6) is -1.35. The summed E-state index contributed by atoms with van der Waals surface area (Å²) in [6.07, 6.45) is 0. The molecule has 0 aliphatic rings. The second kappa shape index (κ2) is 7.06. The van der Waals surface area contributed by atoms with Crippen molar-refractivity contribution in [3.05, 3.63) is 35.4 Å². The molecule has 1 rings (SSSR count). The number of carbonyl (C=O) groups excluding carboxylic acids is 2. The van der Waals surface area contributed by atoms with Crippen LogP contribution >= 0.6 is 0 Å². The van der Waals surface area contributed by atoms with E-state index < -0.39 is 23.2 Å².